The molecule has 0 N–H and O–H groups in total. The van der Waals surface area contributed by atoms with E-state index in [1.807, 2.05) is 30.3 Å². The normalized spacial score (nSPS) is 9.76. The van der Waals surface area contributed by atoms with E-state index >= 15 is 0 Å². The molecule has 1 aromatic rings. The van der Waals surface area contributed by atoms with Gasteiger partial charge in [0.15, 0.2) is 0 Å². The molecule has 5 heteroatoms. The first-order valence-corrected chi connectivity index (χ1v) is 6.24. The molecule has 0 saturated heterocycles. The molecule has 1 amide bonds. The fourth-order valence-corrected chi connectivity index (χ4v) is 1.70. The monoisotopic (exact) mass is 299 g/mol. The number of esters is 1. The van der Waals surface area contributed by atoms with Crippen LogP contribution in [0.3, 0.4) is 0 Å². The van der Waals surface area contributed by atoms with Gasteiger partial charge >= 0.3 is 5.97 Å². The van der Waals surface area contributed by atoms with Gasteiger partial charge in [-0.1, -0.05) is 46.3 Å². The van der Waals surface area contributed by atoms with E-state index in [2.05, 4.69) is 20.7 Å². The number of nitrogens with zero attached hydrogens (tertiary/aromatic N) is 1. The van der Waals surface area contributed by atoms with Crippen LogP contribution >= 0.6 is 15.9 Å². The number of alkyl halides is 1. The molecule has 0 bridgehead atoms. The van der Waals surface area contributed by atoms with E-state index in [-0.39, 0.29) is 17.8 Å². The first-order chi connectivity index (χ1) is 8.17. The Hall–Kier alpha value is -1.36. The quantitative estimate of drug-likeness (QED) is 0.613. The van der Waals surface area contributed by atoms with Crippen LogP contribution in [0, 0.1) is 0 Å². The summed E-state index contributed by atoms with van der Waals surface area (Å²) >= 11 is 3.10. The van der Waals surface area contributed by atoms with E-state index in [9.17, 15) is 9.59 Å². The second-order valence-electron chi connectivity index (χ2n) is 3.45. The Balaban J connectivity index is 2.70. The van der Waals surface area contributed by atoms with Crippen molar-refractivity contribution < 1.29 is 14.3 Å². The van der Waals surface area contributed by atoms with Crippen LogP contribution in [0.25, 0.3) is 0 Å². The second-order valence-corrected chi connectivity index (χ2v) is 4.01. The Morgan fingerprint density at radius 1 is 1.29 bits per heavy atom. The minimum absolute atomic E-state index is 0.0319. The highest BCUT2D eigenvalue weighted by atomic mass is 79.9. The Morgan fingerprint density at radius 2 is 1.94 bits per heavy atom. The zero-order chi connectivity index (χ0) is 12.7. The molecule has 0 spiro atoms. The van der Waals surface area contributed by atoms with Crippen LogP contribution in [0.15, 0.2) is 30.3 Å². The SMILES string of the molecule is COC(=O)CN(Cc1ccccc1)C(=O)CBr. The maximum Gasteiger partial charge on any atom is 0.325 e. The Morgan fingerprint density at radius 3 is 2.47 bits per heavy atom. The van der Waals surface area contributed by atoms with E-state index in [0.717, 1.165) is 5.56 Å². The molecule has 0 heterocycles. The van der Waals surface area contributed by atoms with Crippen LogP contribution in [-0.2, 0) is 20.9 Å². The van der Waals surface area contributed by atoms with Crippen LogP contribution in [0.5, 0.6) is 0 Å². The summed E-state index contributed by atoms with van der Waals surface area (Å²) in [6.45, 7) is 0.371. The summed E-state index contributed by atoms with van der Waals surface area (Å²) in [4.78, 5) is 24.3. The molecule has 4 nitrogen and oxygen atoms in total. The predicted molar refractivity (Wildman–Crippen MR) is 67.7 cm³/mol. The summed E-state index contributed by atoms with van der Waals surface area (Å²) in [6.07, 6.45) is 0. The molecule has 1 aromatic carbocycles. The van der Waals surface area contributed by atoms with Gasteiger partial charge < -0.3 is 9.64 Å². The van der Waals surface area contributed by atoms with E-state index in [1.54, 1.807) is 0 Å². The van der Waals surface area contributed by atoms with Gasteiger partial charge in [0, 0.05) is 6.54 Å². The van der Waals surface area contributed by atoms with E-state index in [4.69, 9.17) is 0 Å². The zero-order valence-corrected chi connectivity index (χ0v) is 11.1. The average molecular weight is 300 g/mol. The van der Waals surface area contributed by atoms with Crippen molar-refractivity contribution in [1.82, 2.24) is 4.90 Å². The molecule has 0 saturated carbocycles. The Labute approximate surface area is 109 Å². The smallest absolute Gasteiger partial charge is 0.325 e. The minimum Gasteiger partial charge on any atom is -0.468 e. The van der Waals surface area contributed by atoms with Crippen molar-refractivity contribution in [2.45, 2.75) is 6.54 Å². The molecule has 0 unspecified atom stereocenters. The van der Waals surface area contributed by atoms with Crippen LogP contribution in [0.1, 0.15) is 5.56 Å². The van der Waals surface area contributed by atoms with Gasteiger partial charge in [-0.2, -0.15) is 0 Å². The molecule has 0 fully saturated rings. The average Bonchev–Trinajstić information content (AvgIpc) is 2.38. The first-order valence-electron chi connectivity index (χ1n) is 5.12. The number of ether oxygens (including phenoxy) is 1. The van der Waals surface area contributed by atoms with Gasteiger partial charge in [-0.15, -0.1) is 0 Å². The number of carbonyl (C=O) groups is 2. The fourth-order valence-electron chi connectivity index (χ4n) is 1.34. The zero-order valence-electron chi connectivity index (χ0n) is 9.56. The van der Waals surface area contributed by atoms with Crippen molar-refractivity contribution in [3.05, 3.63) is 35.9 Å². The molecule has 0 atom stereocenters. The molecule has 0 aliphatic carbocycles. The molecule has 92 valence electrons. The topological polar surface area (TPSA) is 46.6 Å². The molecule has 0 aliphatic rings. The van der Waals surface area contributed by atoms with Crippen LogP contribution in [0.2, 0.25) is 0 Å². The lowest BCUT2D eigenvalue weighted by Crippen LogP contribution is -2.36. The molecule has 17 heavy (non-hydrogen) atoms. The van der Waals surface area contributed by atoms with Gasteiger partial charge in [-0.25, -0.2) is 0 Å². The highest BCUT2D eigenvalue weighted by molar-refractivity contribution is 9.09. The van der Waals surface area contributed by atoms with Crippen molar-refractivity contribution in [3.8, 4) is 0 Å². The Bertz CT molecular complexity index is 381. The van der Waals surface area contributed by atoms with Gasteiger partial charge in [-0.3, -0.25) is 9.59 Å². The van der Waals surface area contributed by atoms with Gasteiger partial charge in [0.05, 0.1) is 12.4 Å². The van der Waals surface area contributed by atoms with Gasteiger partial charge in [0.2, 0.25) is 5.91 Å². The van der Waals surface area contributed by atoms with Gasteiger partial charge in [0.1, 0.15) is 6.54 Å². The lowest BCUT2D eigenvalue weighted by Gasteiger charge is -2.20. The number of methoxy groups -OCH3 is 1. The number of rotatable bonds is 5. The van der Waals surface area contributed by atoms with Crippen molar-refractivity contribution in [3.63, 3.8) is 0 Å². The third-order valence-electron chi connectivity index (χ3n) is 2.23. The maximum absolute atomic E-state index is 11.6. The van der Waals surface area contributed by atoms with E-state index in [0.29, 0.717) is 6.54 Å². The molecular weight excluding hydrogens is 286 g/mol. The Kier molecular flexibility index (Phi) is 5.69. The van der Waals surface area contributed by atoms with Gasteiger partial charge in [-0.05, 0) is 5.56 Å². The number of carbonyl (C=O) groups excluding carboxylic acids is 2. The second kappa shape index (κ2) is 7.06. The molecule has 0 radical (unpaired) electrons. The van der Waals surface area contributed by atoms with Gasteiger partial charge in [0.25, 0.3) is 0 Å². The first kappa shape index (κ1) is 13.7. The number of halogens is 1. The summed E-state index contributed by atoms with van der Waals surface area (Å²) in [7, 11) is 1.31. The molecule has 0 aliphatic heterocycles. The molecular formula is C12H14BrNO3. The van der Waals surface area contributed by atoms with Crippen molar-refractivity contribution >= 4 is 27.8 Å². The number of hydrogen-bond acceptors (Lipinski definition) is 3. The number of benzene rings is 1. The number of amides is 1. The van der Waals surface area contributed by atoms with Crippen LogP contribution in [0.4, 0.5) is 0 Å². The lowest BCUT2D eigenvalue weighted by molar-refractivity contribution is -0.146. The van der Waals surface area contributed by atoms with E-state index in [1.165, 1.54) is 12.0 Å². The molecule has 1 rings (SSSR count). The highest BCUT2D eigenvalue weighted by Crippen LogP contribution is 2.06. The third kappa shape index (κ3) is 4.56. The summed E-state index contributed by atoms with van der Waals surface area (Å²) in [5.74, 6) is -0.561. The summed E-state index contributed by atoms with van der Waals surface area (Å²) in [6, 6.07) is 9.51. The summed E-state index contributed by atoms with van der Waals surface area (Å²) < 4.78 is 4.56. The van der Waals surface area contributed by atoms with E-state index < -0.39 is 5.97 Å². The largest absolute Gasteiger partial charge is 0.468 e. The minimum atomic E-state index is -0.421. The maximum atomic E-state index is 11.6. The third-order valence-corrected chi connectivity index (χ3v) is 2.71. The lowest BCUT2D eigenvalue weighted by atomic mass is 10.2. The fraction of sp³-hybridized carbons (Fsp3) is 0.333. The van der Waals surface area contributed by atoms with Crippen LogP contribution in [-0.4, -0.2) is 35.8 Å². The van der Waals surface area contributed by atoms with Crippen molar-refractivity contribution in [2.75, 3.05) is 19.0 Å². The summed E-state index contributed by atoms with van der Waals surface area (Å²) in [5, 5.41) is 0.191. The highest BCUT2D eigenvalue weighted by Gasteiger charge is 2.16. The van der Waals surface area contributed by atoms with Crippen molar-refractivity contribution in [1.29, 1.82) is 0 Å². The number of hydrogen-bond donors (Lipinski definition) is 0. The van der Waals surface area contributed by atoms with Crippen LogP contribution < -0.4 is 0 Å². The standard InChI is InChI=1S/C12H14BrNO3/c1-17-12(16)9-14(11(15)7-13)8-10-5-3-2-4-6-10/h2-6H,7-9H2,1H3. The predicted octanol–water partition coefficient (Wildman–Crippen LogP) is 1.58. The molecule has 0 aromatic heterocycles. The van der Waals surface area contributed by atoms with Crippen molar-refractivity contribution in [2.24, 2.45) is 0 Å². The summed E-state index contributed by atoms with van der Waals surface area (Å²) in [5.41, 5.74) is 0.978.